The van der Waals surface area contributed by atoms with Gasteiger partial charge in [0.2, 0.25) is 5.91 Å². The summed E-state index contributed by atoms with van der Waals surface area (Å²) < 4.78 is 0. The third-order valence-electron chi connectivity index (χ3n) is 2.87. The molecule has 1 amide bonds. The van der Waals surface area contributed by atoms with Gasteiger partial charge >= 0.3 is 0 Å². The van der Waals surface area contributed by atoms with E-state index in [2.05, 4.69) is 26.1 Å². The van der Waals surface area contributed by atoms with E-state index in [0.717, 1.165) is 6.42 Å². The topological polar surface area (TPSA) is 55.1 Å². The van der Waals surface area contributed by atoms with Gasteiger partial charge in [-0.2, -0.15) is 0 Å². The highest BCUT2D eigenvalue weighted by atomic mass is 32.1. The summed E-state index contributed by atoms with van der Waals surface area (Å²) in [6.45, 7) is 10.5. The first-order valence-corrected chi connectivity index (χ1v) is 5.62. The van der Waals surface area contributed by atoms with Crippen LogP contribution < -0.4 is 11.1 Å². The molecule has 15 heavy (non-hydrogen) atoms. The quantitative estimate of drug-likeness (QED) is 0.709. The highest BCUT2D eigenvalue weighted by Gasteiger charge is 2.31. The van der Waals surface area contributed by atoms with Crippen molar-refractivity contribution in [1.29, 1.82) is 0 Å². The van der Waals surface area contributed by atoms with Crippen LogP contribution >= 0.6 is 12.2 Å². The zero-order valence-corrected chi connectivity index (χ0v) is 11.1. The van der Waals surface area contributed by atoms with Gasteiger partial charge < -0.3 is 11.1 Å². The fraction of sp³-hybridized carbons (Fsp3) is 0.818. The van der Waals surface area contributed by atoms with Gasteiger partial charge in [-0.15, -0.1) is 0 Å². The van der Waals surface area contributed by atoms with Gasteiger partial charge in [0.05, 0.1) is 10.4 Å². The molecule has 0 spiro atoms. The van der Waals surface area contributed by atoms with Crippen molar-refractivity contribution < 1.29 is 4.79 Å². The maximum atomic E-state index is 11.8. The first-order valence-electron chi connectivity index (χ1n) is 5.21. The van der Waals surface area contributed by atoms with E-state index in [1.54, 1.807) is 13.8 Å². The summed E-state index contributed by atoms with van der Waals surface area (Å²) in [7, 11) is 0. The van der Waals surface area contributed by atoms with Crippen molar-refractivity contribution in [3.05, 3.63) is 0 Å². The van der Waals surface area contributed by atoms with E-state index in [0.29, 0.717) is 6.54 Å². The fourth-order valence-electron chi connectivity index (χ4n) is 0.777. The molecule has 0 bridgehead atoms. The van der Waals surface area contributed by atoms with E-state index in [1.807, 2.05) is 0 Å². The zero-order valence-electron chi connectivity index (χ0n) is 10.3. The number of nitrogens with two attached hydrogens (primary N) is 1. The molecule has 4 heteroatoms. The molecule has 0 unspecified atom stereocenters. The van der Waals surface area contributed by atoms with Gasteiger partial charge in [-0.3, -0.25) is 4.79 Å². The van der Waals surface area contributed by atoms with Crippen molar-refractivity contribution in [3.63, 3.8) is 0 Å². The van der Waals surface area contributed by atoms with Gasteiger partial charge in [-0.1, -0.05) is 33.0 Å². The lowest BCUT2D eigenvalue weighted by Crippen LogP contribution is -2.47. The summed E-state index contributed by atoms with van der Waals surface area (Å²) in [6.07, 6.45) is 1.01. The Morgan fingerprint density at radius 1 is 1.33 bits per heavy atom. The number of amides is 1. The molecular formula is C11H22N2OS. The van der Waals surface area contributed by atoms with Crippen LogP contribution in [-0.4, -0.2) is 17.4 Å². The highest BCUT2D eigenvalue weighted by Crippen LogP contribution is 2.20. The third kappa shape index (κ3) is 4.16. The van der Waals surface area contributed by atoms with Crippen LogP contribution in [0.15, 0.2) is 0 Å². The van der Waals surface area contributed by atoms with E-state index in [-0.39, 0.29) is 16.3 Å². The number of hydrogen-bond acceptors (Lipinski definition) is 2. The summed E-state index contributed by atoms with van der Waals surface area (Å²) in [4.78, 5) is 12.0. The average Bonchev–Trinajstić information content (AvgIpc) is 2.14. The second-order valence-electron chi connectivity index (χ2n) is 5.19. The molecular weight excluding hydrogens is 208 g/mol. The normalized spacial score (nSPS) is 12.3. The lowest BCUT2D eigenvalue weighted by atomic mass is 9.88. The van der Waals surface area contributed by atoms with Gasteiger partial charge in [-0.05, 0) is 25.7 Å². The zero-order chi connectivity index (χ0) is 12.3. The number of thiocarbonyl (C=S) groups is 1. The molecule has 0 aromatic heterocycles. The van der Waals surface area contributed by atoms with Crippen LogP contribution in [0, 0.1) is 10.8 Å². The lowest BCUT2D eigenvalue weighted by Gasteiger charge is -2.27. The van der Waals surface area contributed by atoms with Crippen molar-refractivity contribution in [2.45, 2.75) is 41.0 Å². The van der Waals surface area contributed by atoms with E-state index >= 15 is 0 Å². The Bertz CT molecular complexity index is 259. The summed E-state index contributed by atoms with van der Waals surface area (Å²) in [5, 5.41) is 2.89. The minimum Gasteiger partial charge on any atom is -0.392 e. The second-order valence-corrected chi connectivity index (χ2v) is 5.63. The van der Waals surface area contributed by atoms with Gasteiger partial charge in [0, 0.05) is 6.54 Å². The van der Waals surface area contributed by atoms with Gasteiger partial charge in [-0.25, -0.2) is 0 Å². The van der Waals surface area contributed by atoms with E-state index in [1.165, 1.54) is 0 Å². The molecule has 0 aliphatic rings. The molecule has 0 heterocycles. The number of hydrogen-bond donors (Lipinski definition) is 2. The van der Waals surface area contributed by atoms with Gasteiger partial charge in [0.15, 0.2) is 0 Å². The molecule has 0 atom stereocenters. The smallest absolute Gasteiger partial charge is 0.232 e. The minimum absolute atomic E-state index is 0.100. The molecule has 0 fully saturated rings. The molecule has 88 valence electrons. The van der Waals surface area contributed by atoms with Crippen LogP contribution in [0.3, 0.4) is 0 Å². The number of nitrogens with one attached hydrogen (secondary N) is 1. The third-order valence-corrected chi connectivity index (χ3v) is 3.38. The average molecular weight is 230 g/mol. The van der Waals surface area contributed by atoms with Crippen molar-refractivity contribution in [2.75, 3.05) is 6.54 Å². The van der Waals surface area contributed by atoms with Crippen LogP contribution in [0.1, 0.15) is 41.0 Å². The van der Waals surface area contributed by atoms with Crippen LogP contribution in [0.25, 0.3) is 0 Å². The van der Waals surface area contributed by atoms with Crippen LogP contribution in [0.5, 0.6) is 0 Å². The molecule has 3 N–H and O–H groups in total. The van der Waals surface area contributed by atoms with E-state index < -0.39 is 5.41 Å². The summed E-state index contributed by atoms with van der Waals surface area (Å²) in [5.74, 6) is -0.100. The van der Waals surface area contributed by atoms with Gasteiger partial charge in [0.25, 0.3) is 0 Å². The Morgan fingerprint density at radius 2 is 1.80 bits per heavy atom. The highest BCUT2D eigenvalue weighted by molar-refractivity contribution is 7.80. The lowest BCUT2D eigenvalue weighted by molar-refractivity contribution is -0.126. The SMILES string of the molecule is CCC(C)(C)CNC(=O)C(C)(C)C(N)=S. The van der Waals surface area contributed by atoms with Crippen LogP contribution in [-0.2, 0) is 4.79 Å². The summed E-state index contributed by atoms with van der Waals surface area (Å²) >= 11 is 4.86. The largest absolute Gasteiger partial charge is 0.392 e. The predicted molar refractivity (Wildman–Crippen MR) is 67.6 cm³/mol. The molecule has 0 aliphatic carbocycles. The molecule has 0 aliphatic heterocycles. The molecule has 0 aromatic carbocycles. The molecule has 0 saturated carbocycles. The molecule has 0 aromatic rings. The molecule has 0 rings (SSSR count). The minimum atomic E-state index is -0.765. The Morgan fingerprint density at radius 3 is 2.13 bits per heavy atom. The maximum Gasteiger partial charge on any atom is 0.232 e. The number of carbonyl (C=O) groups excluding carboxylic acids is 1. The predicted octanol–water partition coefficient (Wildman–Crippen LogP) is 1.85. The monoisotopic (exact) mass is 230 g/mol. The summed E-state index contributed by atoms with van der Waals surface area (Å²) in [6, 6.07) is 0. The van der Waals surface area contributed by atoms with Crippen molar-refractivity contribution in [2.24, 2.45) is 16.6 Å². The number of carbonyl (C=O) groups is 1. The Balaban J connectivity index is 4.34. The maximum absolute atomic E-state index is 11.8. The first-order chi connectivity index (χ1) is 6.63. The van der Waals surface area contributed by atoms with Crippen molar-refractivity contribution in [1.82, 2.24) is 5.32 Å². The Labute approximate surface area is 97.8 Å². The first kappa shape index (κ1) is 14.4. The standard InChI is InChI=1S/C11H22N2OS/c1-6-10(2,3)7-13-9(14)11(4,5)8(12)15/h6-7H2,1-5H3,(H2,12,15)(H,13,14). The van der Waals surface area contributed by atoms with Crippen LogP contribution in [0.2, 0.25) is 0 Å². The second kappa shape index (κ2) is 4.92. The van der Waals surface area contributed by atoms with E-state index in [9.17, 15) is 4.79 Å². The summed E-state index contributed by atoms with van der Waals surface area (Å²) in [5.41, 5.74) is 4.86. The van der Waals surface area contributed by atoms with Crippen molar-refractivity contribution >= 4 is 23.1 Å². The van der Waals surface area contributed by atoms with E-state index in [4.69, 9.17) is 18.0 Å². The number of rotatable bonds is 5. The molecule has 0 radical (unpaired) electrons. The molecule has 3 nitrogen and oxygen atoms in total. The fourth-order valence-corrected chi connectivity index (χ4v) is 0.870. The van der Waals surface area contributed by atoms with Crippen molar-refractivity contribution in [3.8, 4) is 0 Å². The Hall–Kier alpha value is -0.640. The van der Waals surface area contributed by atoms with Gasteiger partial charge in [0.1, 0.15) is 0 Å². The molecule has 0 saturated heterocycles. The Kier molecular flexibility index (Phi) is 4.71. The van der Waals surface area contributed by atoms with Crippen LogP contribution in [0.4, 0.5) is 0 Å².